The summed E-state index contributed by atoms with van der Waals surface area (Å²) < 4.78 is 45.7. The lowest BCUT2D eigenvalue weighted by Gasteiger charge is -2.14. The van der Waals surface area contributed by atoms with Gasteiger partial charge in [-0.05, 0) is 24.3 Å². The van der Waals surface area contributed by atoms with Crippen LogP contribution in [0.4, 0.5) is 13.2 Å². The molecule has 1 aliphatic carbocycles. The second kappa shape index (κ2) is 6.04. The molecule has 5 nitrogen and oxygen atoms in total. The lowest BCUT2D eigenvalue weighted by Crippen LogP contribution is -2.19. The van der Waals surface area contributed by atoms with Crippen molar-refractivity contribution in [1.82, 2.24) is 4.98 Å². The lowest BCUT2D eigenvalue weighted by atomic mass is 9.97. The van der Waals surface area contributed by atoms with E-state index in [2.05, 4.69) is 9.72 Å². The number of carbonyl (C=O) groups excluding carboxylic acids is 2. The predicted molar refractivity (Wildman–Crippen MR) is 80.1 cm³/mol. The Morgan fingerprint density at radius 1 is 1.08 bits per heavy atom. The molecule has 1 aromatic carbocycles. The molecular weight excluding hydrogens is 339 g/mol. The Hall–Kier alpha value is -3.16. The van der Waals surface area contributed by atoms with E-state index in [1.165, 1.54) is 31.4 Å². The van der Waals surface area contributed by atoms with Crippen LogP contribution < -0.4 is 4.74 Å². The van der Waals surface area contributed by atoms with Crippen LogP contribution in [0.25, 0.3) is 11.3 Å². The Balaban J connectivity index is 2.00. The highest BCUT2D eigenvalue weighted by molar-refractivity contribution is 6.23. The number of rotatable bonds is 3. The Labute approximate surface area is 139 Å². The van der Waals surface area contributed by atoms with Gasteiger partial charge in [0.2, 0.25) is 11.6 Å². The Bertz CT molecular complexity index is 903. The first-order chi connectivity index (χ1) is 11.8. The minimum atomic E-state index is -4.81. The van der Waals surface area contributed by atoms with E-state index in [9.17, 15) is 22.8 Å². The van der Waals surface area contributed by atoms with Gasteiger partial charge >= 0.3 is 6.36 Å². The minimum absolute atomic E-state index is 0.0783. The molecule has 128 valence electrons. The summed E-state index contributed by atoms with van der Waals surface area (Å²) in [7, 11) is 1.27. The third kappa shape index (κ3) is 3.37. The van der Waals surface area contributed by atoms with Gasteiger partial charge in [0, 0.05) is 11.6 Å². The number of halogens is 3. The molecule has 0 N–H and O–H groups in total. The van der Waals surface area contributed by atoms with Gasteiger partial charge in [0.15, 0.2) is 5.76 Å². The monoisotopic (exact) mass is 349 g/mol. The molecule has 0 radical (unpaired) electrons. The zero-order valence-corrected chi connectivity index (χ0v) is 12.8. The van der Waals surface area contributed by atoms with Crippen molar-refractivity contribution < 1.29 is 32.2 Å². The fraction of sp³-hybridized carbons (Fsp3) is 0.118. The van der Waals surface area contributed by atoms with Crippen LogP contribution in [-0.4, -0.2) is 30.0 Å². The van der Waals surface area contributed by atoms with Crippen LogP contribution in [0.1, 0.15) is 20.8 Å². The highest BCUT2D eigenvalue weighted by atomic mass is 19.4. The number of fused-ring (bicyclic) bond motifs is 1. The van der Waals surface area contributed by atoms with Crippen LogP contribution in [0.2, 0.25) is 0 Å². The van der Waals surface area contributed by atoms with Crippen LogP contribution in [0, 0.1) is 0 Å². The highest BCUT2D eigenvalue weighted by Crippen LogP contribution is 2.29. The van der Waals surface area contributed by atoms with Gasteiger partial charge < -0.3 is 9.47 Å². The summed E-state index contributed by atoms with van der Waals surface area (Å²) in [5, 5.41) is 0. The summed E-state index contributed by atoms with van der Waals surface area (Å²) >= 11 is 0. The SMILES string of the molecule is COC1=CC(=O)c2nc(-c3cccc(OC(F)(F)F)c3)ccc2C1=O. The fourth-order valence-electron chi connectivity index (χ4n) is 2.38. The van der Waals surface area contributed by atoms with E-state index in [4.69, 9.17) is 4.74 Å². The first kappa shape index (κ1) is 16.7. The van der Waals surface area contributed by atoms with Gasteiger partial charge in [0.25, 0.3) is 0 Å². The molecule has 0 saturated heterocycles. The van der Waals surface area contributed by atoms with Crippen LogP contribution >= 0.6 is 0 Å². The summed E-state index contributed by atoms with van der Waals surface area (Å²) in [6, 6.07) is 8.01. The number of alkyl halides is 3. The van der Waals surface area contributed by atoms with Crippen molar-refractivity contribution in [3.8, 4) is 17.0 Å². The van der Waals surface area contributed by atoms with E-state index in [0.717, 1.165) is 18.2 Å². The van der Waals surface area contributed by atoms with Crippen LogP contribution in [-0.2, 0) is 4.74 Å². The molecule has 3 rings (SSSR count). The Morgan fingerprint density at radius 2 is 1.84 bits per heavy atom. The lowest BCUT2D eigenvalue weighted by molar-refractivity contribution is -0.274. The molecule has 0 spiro atoms. The van der Waals surface area contributed by atoms with E-state index in [0.29, 0.717) is 5.56 Å². The number of methoxy groups -OCH3 is 1. The molecule has 2 aromatic rings. The quantitative estimate of drug-likeness (QED) is 0.848. The van der Waals surface area contributed by atoms with E-state index < -0.39 is 23.7 Å². The maximum atomic E-state index is 12.3. The maximum Gasteiger partial charge on any atom is 0.573 e. The number of pyridine rings is 1. The number of aromatic nitrogens is 1. The number of nitrogens with zero attached hydrogens (tertiary/aromatic N) is 1. The van der Waals surface area contributed by atoms with Gasteiger partial charge in [0.1, 0.15) is 11.4 Å². The third-order valence-corrected chi connectivity index (χ3v) is 3.44. The fourth-order valence-corrected chi connectivity index (χ4v) is 2.38. The van der Waals surface area contributed by atoms with Crippen molar-refractivity contribution in [2.24, 2.45) is 0 Å². The van der Waals surface area contributed by atoms with E-state index in [1.54, 1.807) is 0 Å². The second-order valence-electron chi connectivity index (χ2n) is 5.07. The topological polar surface area (TPSA) is 65.5 Å². The van der Waals surface area contributed by atoms with Gasteiger partial charge in [-0.2, -0.15) is 0 Å². The molecule has 8 heteroatoms. The molecule has 0 bridgehead atoms. The van der Waals surface area contributed by atoms with Gasteiger partial charge in [-0.25, -0.2) is 4.98 Å². The van der Waals surface area contributed by atoms with Crippen molar-refractivity contribution in [3.63, 3.8) is 0 Å². The molecule has 25 heavy (non-hydrogen) atoms. The number of hydrogen-bond donors (Lipinski definition) is 0. The second-order valence-corrected chi connectivity index (χ2v) is 5.07. The summed E-state index contributed by atoms with van der Waals surface area (Å²) in [6.07, 6.45) is -3.78. The van der Waals surface area contributed by atoms with Crippen molar-refractivity contribution in [2.45, 2.75) is 6.36 Å². The highest BCUT2D eigenvalue weighted by Gasteiger charge is 2.31. The number of hydrogen-bond acceptors (Lipinski definition) is 5. The first-order valence-electron chi connectivity index (χ1n) is 7.00. The third-order valence-electron chi connectivity index (χ3n) is 3.44. The standard InChI is InChI=1S/C17H10F3NO4/c1-24-14-8-13(22)15-11(16(14)23)5-6-12(21-15)9-3-2-4-10(7-9)25-17(18,19)20/h2-8H,1H3. The number of Topliss-reactive ketones (excluding diaryl/α,β-unsaturated/α-hetero) is 1. The van der Waals surface area contributed by atoms with Crippen molar-refractivity contribution >= 4 is 11.6 Å². The smallest absolute Gasteiger partial charge is 0.492 e. The summed E-state index contributed by atoms with van der Waals surface area (Å²) in [4.78, 5) is 28.3. The molecule has 1 aliphatic rings. The minimum Gasteiger partial charge on any atom is -0.492 e. The van der Waals surface area contributed by atoms with Crippen LogP contribution in [0.3, 0.4) is 0 Å². The summed E-state index contributed by atoms with van der Waals surface area (Å²) in [5.41, 5.74) is 0.550. The average Bonchev–Trinajstić information content (AvgIpc) is 2.56. The molecule has 0 fully saturated rings. The van der Waals surface area contributed by atoms with Gasteiger partial charge in [-0.3, -0.25) is 9.59 Å². The summed E-state index contributed by atoms with van der Waals surface area (Å²) in [6.45, 7) is 0. The van der Waals surface area contributed by atoms with E-state index >= 15 is 0 Å². The van der Waals surface area contributed by atoms with E-state index in [-0.39, 0.29) is 22.7 Å². The van der Waals surface area contributed by atoms with Crippen LogP contribution in [0.5, 0.6) is 5.75 Å². The largest absolute Gasteiger partial charge is 0.573 e. The molecule has 1 aromatic heterocycles. The molecule has 0 saturated carbocycles. The zero-order chi connectivity index (χ0) is 18.2. The normalized spacial score (nSPS) is 14.0. The number of benzene rings is 1. The summed E-state index contributed by atoms with van der Waals surface area (Å²) in [5.74, 6) is -1.50. The predicted octanol–water partition coefficient (Wildman–Crippen LogP) is 3.56. The van der Waals surface area contributed by atoms with Gasteiger partial charge in [0.05, 0.1) is 18.4 Å². The number of carbonyl (C=O) groups is 2. The number of ether oxygens (including phenoxy) is 2. The van der Waals surface area contributed by atoms with E-state index in [1.807, 2.05) is 0 Å². The first-order valence-corrected chi connectivity index (χ1v) is 7.00. The molecule has 0 unspecified atom stereocenters. The molecule has 0 amide bonds. The molecular formula is C17H10F3NO4. The number of ketones is 2. The average molecular weight is 349 g/mol. The molecule has 1 heterocycles. The maximum absolute atomic E-state index is 12.3. The van der Waals surface area contributed by atoms with Crippen LogP contribution in [0.15, 0.2) is 48.2 Å². The van der Waals surface area contributed by atoms with Gasteiger partial charge in [-0.1, -0.05) is 12.1 Å². The Morgan fingerprint density at radius 3 is 2.52 bits per heavy atom. The molecule has 0 aliphatic heterocycles. The Kier molecular flexibility index (Phi) is 4.03. The molecule has 0 atom stereocenters. The van der Waals surface area contributed by atoms with Gasteiger partial charge in [-0.15, -0.1) is 13.2 Å². The number of allylic oxidation sites excluding steroid dienone is 2. The van der Waals surface area contributed by atoms with Crippen molar-refractivity contribution in [1.29, 1.82) is 0 Å². The van der Waals surface area contributed by atoms with Crippen molar-refractivity contribution in [3.05, 3.63) is 59.5 Å². The van der Waals surface area contributed by atoms with Crippen molar-refractivity contribution in [2.75, 3.05) is 7.11 Å². The zero-order valence-electron chi connectivity index (χ0n) is 12.8.